The first kappa shape index (κ1) is 57.3. The lowest BCUT2D eigenvalue weighted by molar-refractivity contribution is -0.140. The minimum absolute atomic E-state index is 0.0287. The van der Waals surface area contributed by atoms with Crippen LogP contribution >= 0.6 is 23.2 Å². The molecule has 27 heteroatoms. The topological polar surface area (TPSA) is 303 Å². The van der Waals surface area contributed by atoms with Gasteiger partial charge in [0.15, 0.2) is 5.69 Å². The maximum atomic E-state index is 14.5. The van der Waals surface area contributed by atoms with Crippen LogP contribution in [0.15, 0.2) is 54.6 Å². The minimum Gasteiger partial charge on any atom is -0.496 e. The number of hydrogen-bond donors (Lipinski definition) is 6. The van der Waals surface area contributed by atoms with Crippen LogP contribution in [0, 0.1) is 0 Å². The summed E-state index contributed by atoms with van der Waals surface area (Å²) in [7, 11) is -3.43. The predicted octanol–water partition coefficient (Wildman–Crippen LogP) is 2.45. The summed E-state index contributed by atoms with van der Waals surface area (Å²) in [6.45, 7) is 4.03. The number of halogens is 2. The highest BCUT2D eigenvalue weighted by Gasteiger charge is 2.40. The molecule has 0 radical (unpaired) electrons. The van der Waals surface area contributed by atoms with Gasteiger partial charge in [-0.3, -0.25) is 52.9 Å². The molecule has 1 aromatic heterocycles. The normalized spacial score (nSPS) is 17.4. The number of carbonyl (C=O) groups excluding carboxylic acids is 3. The standard InChI is InChI=1S/C49H59Cl2N9O15S/c1-49(2)29-74-16-15-59(49)48(69)45-37-27-75-40-22-39(73-3)35(21-36(40)46(37)60(54-45)34-19-31(50)18-32(51)20-34)30-5-4-6-33(17-30)52-47(68)38(28-76(70,71)72)53-41(61)23-55-7-9-56(24-42(62)63)11-13-58(26-44(66)67)14-12-57(10-8-55)25-43(64)65/h4-6,17-22,38H,7-16,23-29H2,1-3H3,(H,52,68)(H,53,61)(H,62,63)(H,64,65)(H,66,67)(H,70,71,72)/t38-/m0/s1. The molecule has 1 atom stereocenters. The van der Waals surface area contributed by atoms with Crippen LogP contribution in [0.2, 0.25) is 10.0 Å². The zero-order chi connectivity index (χ0) is 55.1. The predicted molar refractivity (Wildman–Crippen MR) is 277 cm³/mol. The molecular formula is C49H59Cl2N9O15S. The van der Waals surface area contributed by atoms with E-state index in [4.69, 9.17) is 42.5 Å². The Morgan fingerprint density at radius 3 is 1.87 bits per heavy atom. The van der Waals surface area contributed by atoms with Crippen LogP contribution in [0.3, 0.4) is 0 Å². The molecule has 3 aliphatic rings. The summed E-state index contributed by atoms with van der Waals surface area (Å²) < 4.78 is 54.0. The Bertz CT molecular complexity index is 2920. The second-order valence-corrected chi connectivity index (χ2v) is 21.5. The van der Waals surface area contributed by atoms with Crippen molar-refractivity contribution in [3.05, 3.63) is 75.9 Å². The van der Waals surface area contributed by atoms with E-state index in [9.17, 15) is 57.1 Å². The first-order chi connectivity index (χ1) is 36.0. The van der Waals surface area contributed by atoms with Crippen LogP contribution in [-0.4, -0.2) is 221 Å². The molecule has 24 nitrogen and oxygen atoms in total. The van der Waals surface area contributed by atoms with Crippen LogP contribution in [-0.2, 0) is 45.4 Å². The maximum Gasteiger partial charge on any atom is 0.317 e. The van der Waals surface area contributed by atoms with Gasteiger partial charge in [0.05, 0.1) is 63.4 Å². The number of ether oxygens (including phenoxy) is 3. The zero-order valence-electron chi connectivity index (χ0n) is 41.9. The minimum atomic E-state index is -4.89. The summed E-state index contributed by atoms with van der Waals surface area (Å²) in [5.74, 6) is -6.05. The molecule has 2 saturated heterocycles. The quantitative estimate of drug-likeness (QED) is 0.0828. The second-order valence-electron chi connectivity index (χ2n) is 19.1. The molecule has 0 aliphatic carbocycles. The third-order valence-corrected chi connectivity index (χ3v) is 14.1. The SMILES string of the molecule is COc1cc2c(cc1-c1cccc(NC(=O)[C@H](CS(=O)(=O)O)NC(=O)CN3CCN(CC(=O)O)CCN(CC(=O)O)CCN(CC(=O)O)CC3)c1)-c1c(c(C(=O)N3CCOCC3(C)C)nn1-c1cc(Cl)cc(Cl)c1)CO2. The Balaban J connectivity index is 1.15. The number of morpholine rings is 1. The van der Waals surface area contributed by atoms with Gasteiger partial charge < -0.3 is 45.1 Å². The van der Waals surface area contributed by atoms with E-state index < -0.39 is 76.8 Å². The van der Waals surface area contributed by atoms with Crippen LogP contribution < -0.4 is 20.1 Å². The van der Waals surface area contributed by atoms with Crippen molar-refractivity contribution >= 4 is 74.6 Å². The molecule has 0 unspecified atom stereocenters. The van der Waals surface area contributed by atoms with Crippen LogP contribution in [0.25, 0.3) is 28.1 Å². The maximum absolute atomic E-state index is 14.5. The van der Waals surface area contributed by atoms with E-state index in [2.05, 4.69) is 10.6 Å². The molecule has 0 saturated carbocycles. The van der Waals surface area contributed by atoms with Crippen molar-refractivity contribution in [3.8, 4) is 39.6 Å². The third kappa shape index (κ3) is 14.9. The molecule has 6 N–H and O–H groups in total. The number of methoxy groups -OCH3 is 1. The van der Waals surface area contributed by atoms with Crippen molar-refractivity contribution in [2.45, 2.75) is 32.0 Å². The number of anilines is 1. The van der Waals surface area contributed by atoms with Crippen molar-refractivity contribution in [3.63, 3.8) is 0 Å². The van der Waals surface area contributed by atoms with E-state index in [1.807, 2.05) is 13.8 Å². The van der Waals surface area contributed by atoms with Crippen molar-refractivity contribution in [1.82, 2.24) is 39.6 Å². The van der Waals surface area contributed by atoms with Gasteiger partial charge in [0.2, 0.25) is 11.8 Å². The smallest absolute Gasteiger partial charge is 0.317 e. The number of rotatable bonds is 17. The van der Waals surface area contributed by atoms with Crippen molar-refractivity contribution in [2.75, 3.05) is 116 Å². The highest BCUT2D eigenvalue weighted by molar-refractivity contribution is 7.85. The molecule has 4 aromatic rings. The lowest BCUT2D eigenvalue weighted by Crippen LogP contribution is -2.55. The monoisotopic (exact) mass is 1120 g/mol. The largest absolute Gasteiger partial charge is 0.496 e. The van der Waals surface area contributed by atoms with E-state index in [1.54, 1.807) is 77.7 Å². The fourth-order valence-electron chi connectivity index (χ4n) is 9.27. The van der Waals surface area contributed by atoms with Crippen LogP contribution in [0.5, 0.6) is 11.5 Å². The lowest BCUT2D eigenvalue weighted by atomic mass is 9.95. The molecule has 4 heterocycles. The molecular weight excluding hydrogens is 1060 g/mol. The van der Waals surface area contributed by atoms with Crippen molar-refractivity contribution < 1.29 is 71.3 Å². The number of nitrogens with zero attached hydrogens (tertiary/aromatic N) is 7. The van der Waals surface area contributed by atoms with Crippen molar-refractivity contribution in [2.24, 2.45) is 0 Å². The first-order valence-corrected chi connectivity index (χ1v) is 26.4. The summed E-state index contributed by atoms with van der Waals surface area (Å²) in [5.41, 5.74) is 2.61. The Morgan fingerprint density at radius 2 is 1.34 bits per heavy atom. The van der Waals surface area contributed by atoms with E-state index in [1.165, 1.54) is 13.2 Å². The van der Waals surface area contributed by atoms with E-state index >= 15 is 0 Å². The average molecular weight is 1120 g/mol. The van der Waals surface area contributed by atoms with Gasteiger partial charge in [0.25, 0.3) is 16.0 Å². The summed E-state index contributed by atoms with van der Waals surface area (Å²) >= 11 is 13.0. The summed E-state index contributed by atoms with van der Waals surface area (Å²) in [4.78, 5) is 85.3. The number of benzene rings is 3. The van der Waals surface area contributed by atoms with Gasteiger partial charge in [-0.05, 0) is 55.8 Å². The van der Waals surface area contributed by atoms with Gasteiger partial charge in [-0.1, -0.05) is 35.3 Å². The highest BCUT2D eigenvalue weighted by Crippen LogP contribution is 2.47. The van der Waals surface area contributed by atoms with E-state index in [-0.39, 0.29) is 82.8 Å². The van der Waals surface area contributed by atoms with E-state index in [0.717, 1.165) is 0 Å². The summed E-state index contributed by atoms with van der Waals surface area (Å²) in [6, 6.07) is 12.9. The molecule has 410 valence electrons. The van der Waals surface area contributed by atoms with E-state index in [0.29, 0.717) is 74.9 Å². The first-order valence-electron chi connectivity index (χ1n) is 24.0. The van der Waals surface area contributed by atoms with Gasteiger partial charge in [-0.2, -0.15) is 13.5 Å². The molecule has 3 aromatic carbocycles. The number of carbonyl (C=O) groups is 6. The molecule has 2 fully saturated rings. The average Bonchev–Trinajstić information content (AvgIpc) is 3.73. The number of aromatic nitrogens is 2. The van der Waals surface area contributed by atoms with Crippen LogP contribution in [0.1, 0.15) is 29.9 Å². The number of fused-ring (bicyclic) bond motifs is 3. The molecule has 3 amide bonds. The lowest BCUT2D eigenvalue weighted by Gasteiger charge is -2.41. The highest BCUT2D eigenvalue weighted by atomic mass is 35.5. The van der Waals surface area contributed by atoms with Gasteiger partial charge in [0, 0.05) is 97.4 Å². The molecule has 76 heavy (non-hydrogen) atoms. The Labute approximate surface area is 447 Å². The van der Waals surface area contributed by atoms with Crippen molar-refractivity contribution in [1.29, 1.82) is 0 Å². The molecule has 3 aliphatic heterocycles. The van der Waals surface area contributed by atoms with Gasteiger partial charge in [0.1, 0.15) is 29.9 Å². The molecule has 0 spiro atoms. The Hall–Kier alpha value is -6.42. The number of amides is 3. The number of hydrogen-bond acceptors (Lipinski definition) is 16. The zero-order valence-corrected chi connectivity index (χ0v) is 44.2. The third-order valence-electron chi connectivity index (χ3n) is 12.9. The van der Waals surface area contributed by atoms with Crippen LogP contribution in [0.4, 0.5) is 5.69 Å². The Morgan fingerprint density at radius 1 is 0.776 bits per heavy atom. The van der Waals surface area contributed by atoms with Gasteiger partial charge >= 0.3 is 17.9 Å². The summed E-state index contributed by atoms with van der Waals surface area (Å²) in [6.07, 6.45) is 0. The molecule has 0 bridgehead atoms. The fraction of sp³-hybridized carbons (Fsp3) is 0.449. The second kappa shape index (κ2) is 24.7. The Kier molecular flexibility index (Phi) is 18.6. The number of nitrogens with one attached hydrogen (secondary N) is 2. The molecule has 7 rings (SSSR count). The van der Waals surface area contributed by atoms with Gasteiger partial charge in [-0.15, -0.1) is 0 Å². The fourth-order valence-corrected chi connectivity index (χ4v) is 10.4. The van der Waals surface area contributed by atoms with Gasteiger partial charge in [-0.25, -0.2) is 4.68 Å². The summed E-state index contributed by atoms with van der Waals surface area (Å²) in [5, 5.41) is 39.3. The number of carboxylic acids is 3. The number of aliphatic carboxylic acids is 3. The number of carboxylic acid groups (broad SMARTS) is 3.